The number of rotatable bonds is 6. The van der Waals surface area contributed by atoms with Crippen molar-refractivity contribution in [3.8, 4) is 11.1 Å². The molecule has 5 rings (SSSR count). The predicted molar refractivity (Wildman–Crippen MR) is 131 cm³/mol. The fraction of sp³-hybridized carbons (Fsp3) is 0.208. The van der Waals surface area contributed by atoms with E-state index in [1.165, 1.54) is 18.5 Å². The molecule has 0 aliphatic carbocycles. The van der Waals surface area contributed by atoms with Crippen molar-refractivity contribution >= 4 is 36.7 Å². The van der Waals surface area contributed by atoms with Gasteiger partial charge in [0.15, 0.2) is 20.4 Å². The highest BCUT2D eigenvalue weighted by Crippen LogP contribution is 2.28. The minimum atomic E-state index is -3.95. The second-order valence-corrected chi connectivity index (χ2v) is 12.2. The normalized spacial score (nSPS) is 16.5. The van der Waals surface area contributed by atoms with Crippen LogP contribution >= 0.6 is 0 Å². The van der Waals surface area contributed by atoms with Gasteiger partial charge < -0.3 is 9.42 Å². The first-order valence-electron chi connectivity index (χ1n) is 11.0. The Morgan fingerprint density at radius 1 is 1.06 bits per heavy atom. The molecular formula is C24H22N4O6S2. The van der Waals surface area contributed by atoms with Crippen LogP contribution in [0.15, 0.2) is 81.4 Å². The number of nitrogens with one attached hydrogen (secondary N) is 1. The van der Waals surface area contributed by atoms with Crippen molar-refractivity contribution in [3.63, 3.8) is 0 Å². The van der Waals surface area contributed by atoms with Crippen LogP contribution in [0.5, 0.6) is 0 Å². The highest BCUT2D eigenvalue weighted by Gasteiger charge is 2.32. The maximum absolute atomic E-state index is 13.1. The zero-order valence-electron chi connectivity index (χ0n) is 19.2. The third-order valence-electron chi connectivity index (χ3n) is 6.03. The maximum atomic E-state index is 13.1. The van der Waals surface area contributed by atoms with Gasteiger partial charge in [-0.1, -0.05) is 35.5 Å². The maximum Gasteiger partial charge on any atom is 0.259 e. The third kappa shape index (κ3) is 4.62. The number of hydrogen-bond donors (Lipinski definition) is 1. The lowest BCUT2D eigenvalue weighted by atomic mass is 10.0. The van der Waals surface area contributed by atoms with E-state index >= 15 is 0 Å². The van der Waals surface area contributed by atoms with E-state index in [1.54, 1.807) is 53.4 Å². The highest BCUT2D eigenvalue weighted by atomic mass is 32.2. The van der Waals surface area contributed by atoms with E-state index in [4.69, 9.17) is 4.52 Å². The van der Waals surface area contributed by atoms with Crippen LogP contribution in [-0.4, -0.2) is 63.2 Å². The fourth-order valence-corrected chi connectivity index (χ4v) is 6.60. The van der Waals surface area contributed by atoms with Crippen molar-refractivity contribution in [1.82, 2.24) is 19.8 Å². The highest BCUT2D eigenvalue weighted by molar-refractivity contribution is 7.91. The van der Waals surface area contributed by atoms with Gasteiger partial charge in [0.2, 0.25) is 0 Å². The summed E-state index contributed by atoms with van der Waals surface area (Å²) in [5.74, 6) is -0.237. The van der Waals surface area contributed by atoms with Crippen molar-refractivity contribution in [2.24, 2.45) is 0 Å². The number of nitrogens with zero attached hydrogens (tertiary/aromatic N) is 3. The second-order valence-electron chi connectivity index (χ2n) is 8.56. The van der Waals surface area contributed by atoms with E-state index in [-0.39, 0.29) is 27.8 Å². The van der Waals surface area contributed by atoms with Crippen molar-refractivity contribution in [2.75, 3.05) is 19.3 Å². The van der Waals surface area contributed by atoms with Crippen LogP contribution < -0.4 is 4.72 Å². The molecule has 2 aromatic heterocycles. The number of likely N-dealkylation sites (tertiary alicyclic amines) is 1. The molecule has 1 N–H and O–H groups in total. The Hall–Kier alpha value is -3.61. The zero-order valence-corrected chi connectivity index (χ0v) is 20.8. The van der Waals surface area contributed by atoms with E-state index in [0.29, 0.717) is 35.2 Å². The Bertz CT molecular complexity index is 1660. The van der Waals surface area contributed by atoms with Gasteiger partial charge in [-0.2, -0.15) is 0 Å². The van der Waals surface area contributed by atoms with E-state index in [2.05, 4.69) is 14.9 Å². The van der Waals surface area contributed by atoms with E-state index in [1.807, 2.05) is 0 Å². The van der Waals surface area contributed by atoms with Gasteiger partial charge in [0.25, 0.3) is 15.9 Å². The van der Waals surface area contributed by atoms with Crippen LogP contribution in [-0.2, 0) is 19.9 Å². The lowest BCUT2D eigenvalue weighted by molar-refractivity contribution is 0.0790. The molecule has 2 aromatic carbocycles. The molecule has 0 bridgehead atoms. The van der Waals surface area contributed by atoms with Crippen molar-refractivity contribution in [3.05, 3.63) is 72.6 Å². The molecule has 1 amide bonds. The van der Waals surface area contributed by atoms with Gasteiger partial charge in [0.1, 0.15) is 0 Å². The molecule has 1 saturated heterocycles. The number of benzene rings is 2. The standard InChI is InChI=1S/C24H22N4O6S2/c1-35(30,31)22-5-3-2-4-19(22)16-6-8-17(9-7-16)24(29)28-13-11-18(15-28)27-36(32,33)23-20-14-26-34-21(20)10-12-25-23/h2-10,12,14,18,27H,11,13,15H2,1H3. The summed E-state index contributed by atoms with van der Waals surface area (Å²) in [7, 11) is -7.37. The predicted octanol–water partition coefficient (Wildman–Crippen LogP) is 2.49. The van der Waals surface area contributed by atoms with Crippen molar-refractivity contribution in [2.45, 2.75) is 22.4 Å². The lowest BCUT2D eigenvalue weighted by Crippen LogP contribution is -2.38. The molecule has 1 atom stereocenters. The smallest absolute Gasteiger partial charge is 0.259 e. The number of aromatic nitrogens is 2. The van der Waals surface area contributed by atoms with E-state index < -0.39 is 25.9 Å². The lowest BCUT2D eigenvalue weighted by Gasteiger charge is -2.17. The summed E-state index contributed by atoms with van der Waals surface area (Å²) >= 11 is 0. The average Bonchev–Trinajstić information content (AvgIpc) is 3.52. The Balaban J connectivity index is 1.29. The summed E-state index contributed by atoms with van der Waals surface area (Å²) in [6.07, 6.45) is 4.25. The van der Waals surface area contributed by atoms with Crippen LogP contribution in [0.4, 0.5) is 0 Å². The average molecular weight is 527 g/mol. The largest absolute Gasteiger partial charge is 0.356 e. The quantitative estimate of drug-likeness (QED) is 0.404. The molecule has 12 heteroatoms. The fourth-order valence-electron chi connectivity index (χ4n) is 4.31. The second kappa shape index (κ2) is 9.12. The first kappa shape index (κ1) is 24.1. The Morgan fingerprint density at radius 3 is 2.56 bits per heavy atom. The summed E-state index contributed by atoms with van der Waals surface area (Å²) in [4.78, 5) is 18.8. The number of pyridine rings is 1. The summed E-state index contributed by atoms with van der Waals surface area (Å²) in [6.45, 7) is 0.589. The number of sulfone groups is 1. The molecule has 36 heavy (non-hydrogen) atoms. The van der Waals surface area contributed by atoms with Gasteiger partial charge >= 0.3 is 0 Å². The molecule has 0 radical (unpaired) electrons. The van der Waals surface area contributed by atoms with Gasteiger partial charge in [0.05, 0.1) is 16.5 Å². The summed E-state index contributed by atoms with van der Waals surface area (Å²) in [5, 5.41) is 3.74. The van der Waals surface area contributed by atoms with Crippen LogP contribution in [0.2, 0.25) is 0 Å². The van der Waals surface area contributed by atoms with Gasteiger partial charge in [-0.15, -0.1) is 0 Å². The number of amides is 1. The summed E-state index contributed by atoms with van der Waals surface area (Å²) in [6, 6.07) is 14.5. The molecule has 4 aromatic rings. The summed E-state index contributed by atoms with van der Waals surface area (Å²) in [5.41, 5.74) is 1.98. The Kier molecular flexibility index (Phi) is 6.10. The molecule has 1 fully saturated rings. The first-order chi connectivity index (χ1) is 17.1. The van der Waals surface area contributed by atoms with Crippen LogP contribution in [0.3, 0.4) is 0 Å². The molecule has 10 nitrogen and oxygen atoms in total. The molecule has 0 saturated carbocycles. The van der Waals surface area contributed by atoms with Gasteiger partial charge in [-0.3, -0.25) is 4.79 Å². The monoisotopic (exact) mass is 526 g/mol. The first-order valence-corrected chi connectivity index (χ1v) is 14.4. The SMILES string of the molecule is CS(=O)(=O)c1ccccc1-c1ccc(C(=O)N2CCC(NS(=O)(=O)c3nccc4oncc34)C2)cc1. The minimum absolute atomic E-state index is 0.170. The van der Waals surface area contributed by atoms with Crippen LogP contribution in [0.25, 0.3) is 22.1 Å². The van der Waals surface area contributed by atoms with Gasteiger partial charge in [-0.05, 0) is 30.2 Å². The van der Waals surface area contributed by atoms with Gasteiger partial charge in [0, 0.05) is 48.8 Å². The number of hydrogen-bond acceptors (Lipinski definition) is 8. The van der Waals surface area contributed by atoms with E-state index in [0.717, 1.165) is 6.26 Å². The van der Waals surface area contributed by atoms with Crippen molar-refractivity contribution in [1.29, 1.82) is 0 Å². The molecule has 1 aliphatic heterocycles. The third-order valence-corrected chi connectivity index (χ3v) is 8.66. The van der Waals surface area contributed by atoms with Crippen LogP contribution in [0.1, 0.15) is 16.8 Å². The number of fused-ring (bicyclic) bond motifs is 1. The summed E-state index contributed by atoms with van der Waals surface area (Å²) < 4.78 is 57.8. The molecule has 186 valence electrons. The zero-order chi connectivity index (χ0) is 25.5. The Morgan fingerprint density at radius 2 is 1.81 bits per heavy atom. The molecule has 0 spiro atoms. The number of carbonyl (C=O) groups is 1. The molecule has 3 heterocycles. The molecular weight excluding hydrogens is 504 g/mol. The molecule has 1 unspecified atom stereocenters. The van der Waals surface area contributed by atoms with Gasteiger partial charge in [-0.25, -0.2) is 26.5 Å². The topological polar surface area (TPSA) is 140 Å². The van der Waals surface area contributed by atoms with E-state index in [9.17, 15) is 21.6 Å². The number of sulfonamides is 1. The Labute approximate surface area is 207 Å². The minimum Gasteiger partial charge on any atom is -0.356 e. The van der Waals surface area contributed by atoms with Crippen molar-refractivity contribution < 1.29 is 26.2 Å². The van der Waals surface area contributed by atoms with Crippen LogP contribution in [0, 0.1) is 0 Å². The molecule has 1 aliphatic rings. The number of carbonyl (C=O) groups excluding carboxylic acids is 1.